The number of amides is 1. The number of fused-ring (bicyclic) bond motifs is 1. The Bertz CT molecular complexity index is 970. The van der Waals surface area contributed by atoms with Crippen LogP contribution in [-0.4, -0.2) is 33.8 Å². The lowest BCUT2D eigenvalue weighted by atomic mass is 10.1. The van der Waals surface area contributed by atoms with Crippen LogP contribution in [0.4, 0.5) is 0 Å². The normalized spacial score (nSPS) is 10.8. The Balaban J connectivity index is 2.16. The summed E-state index contributed by atoms with van der Waals surface area (Å²) in [6, 6.07) is 7.90. The minimum atomic E-state index is -0.358. The van der Waals surface area contributed by atoms with Crippen LogP contribution in [0.5, 0.6) is 0 Å². The van der Waals surface area contributed by atoms with Gasteiger partial charge in [-0.05, 0) is 12.5 Å². The second-order valence-corrected chi connectivity index (χ2v) is 6.39. The third-order valence-corrected chi connectivity index (χ3v) is 4.61. The number of rotatable bonds is 4. The van der Waals surface area contributed by atoms with E-state index in [-0.39, 0.29) is 17.0 Å². The van der Waals surface area contributed by atoms with E-state index >= 15 is 0 Å². The minimum Gasteiger partial charge on any atom is -0.338 e. The van der Waals surface area contributed by atoms with Gasteiger partial charge in [0.05, 0.1) is 5.69 Å². The molecule has 1 amide bonds. The average Bonchev–Trinajstić information content (AvgIpc) is 3.00. The number of carbonyl (C=O) groups excluding carboxylic acids is 1. The summed E-state index contributed by atoms with van der Waals surface area (Å²) in [6.45, 7) is 5.99. The number of carbonyl (C=O) groups is 1. The predicted octanol–water partition coefficient (Wildman–Crippen LogP) is 2.99. The Morgan fingerprint density at radius 1 is 1.38 bits per heavy atom. The zero-order valence-corrected chi connectivity index (χ0v) is 14.3. The van der Waals surface area contributed by atoms with E-state index in [1.807, 2.05) is 36.6 Å². The first-order valence-corrected chi connectivity index (χ1v) is 8.33. The van der Waals surface area contributed by atoms with Crippen molar-refractivity contribution < 1.29 is 4.79 Å². The van der Waals surface area contributed by atoms with Crippen molar-refractivity contribution in [3.8, 4) is 11.3 Å². The summed E-state index contributed by atoms with van der Waals surface area (Å²) in [6.07, 6.45) is 2.97. The van der Waals surface area contributed by atoms with E-state index in [4.69, 9.17) is 0 Å². The van der Waals surface area contributed by atoms with Gasteiger partial charge in [0, 0.05) is 25.2 Å². The SMILES string of the molecule is C=CCN(C)C(=O)c1cnc2scc(-c3ccc(C)cc3)n2c1=O. The van der Waals surface area contributed by atoms with Crippen molar-refractivity contribution in [2.75, 3.05) is 13.6 Å². The van der Waals surface area contributed by atoms with Crippen LogP contribution in [0.25, 0.3) is 16.2 Å². The van der Waals surface area contributed by atoms with Crippen LogP contribution in [-0.2, 0) is 0 Å². The first-order chi connectivity index (χ1) is 11.5. The van der Waals surface area contributed by atoms with Crippen LogP contribution in [0.1, 0.15) is 15.9 Å². The van der Waals surface area contributed by atoms with Gasteiger partial charge < -0.3 is 4.90 Å². The van der Waals surface area contributed by atoms with Crippen molar-refractivity contribution in [1.82, 2.24) is 14.3 Å². The summed E-state index contributed by atoms with van der Waals surface area (Å²) in [5.74, 6) is -0.358. The maximum absolute atomic E-state index is 12.9. The number of thiazole rings is 1. The molecule has 2 heterocycles. The molecule has 5 nitrogen and oxygen atoms in total. The van der Waals surface area contributed by atoms with E-state index in [9.17, 15) is 9.59 Å². The summed E-state index contributed by atoms with van der Waals surface area (Å²) in [5.41, 5.74) is 2.51. The van der Waals surface area contributed by atoms with Gasteiger partial charge >= 0.3 is 0 Å². The highest BCUT2D eigenvalue weighted by molar-refractivity contribution is 7.15. The molecular weight excluding hydrogens is 322 g/mol. The van der Waals surface area contributed by atoms with Gasteiger partial charge in [-0.1, -0.05) is 35.9 Å². The number of hydrogen-bond donors (Lipinski definition) is 0. The van der Waals surface area contributed by atoms with Gasteiger partial charge in [0.25, 0.3) is 11.5 Å². The molecule has 3 aromatic rings. The fourth-order valence-corrected chi connectivity index (χ4v) is 3.31. The van der Waals surface area contributed by atoms with Crippen LogP contribution in [0.2, 0.25) is 0 Å². The first kappa shape index (κ1) is 16.1. The lowest BCUT2D eigenvalue weighted by Gasteiger charge is -2.14. The molecule has 0 N–H and O–H groups in total. The van der Waals surface area contributed by atoms with Gasteiger partial charge in [-0.25, -0.2) is 4.98 Å². The van der Waals surface area contributed by atoms with Crippen molar-refractivity contribution in [3.63, 3.8) is 0 Å². The lowest BCUT2D eigenvalue weighted by molar-refractivity contribution is 0.0808. The molecule has 0 spiro atoms. The smallest absolute Gasteiger partial charge is 0.271 e. The van der Waals surface area contributed by atoms with Crippen molar-refractivity contribution in [1.29, 1.82) is 0 Å². The second-order valence-electron chi connectivity index (χ2n) is 5.56. The summed E-state index contributed by atoms with van der Waals surface area (Å²) < 4.78 is 1.50. The van der Waals surface area contributed by atoms with Gasteiger partial charge in [-0.3, -0.25) is 14.0 Å². The van der Waals surface area contributed by atoms with Gasteiger partial charge in [0.15, 0.2) is 4.96 Å². The molecule has 2 aromatic heterocycles. The van der Waals surface area contributed by atoms with E-state index in [0.717, 1.165) is 16.8 Å². The van der Waals surface area contributed by atoms with Crippen molar-refractivity contribution >= 4 is 22.2 Å². The molecule has 0 unspecified atom stereocenters. The highest BCUT2D eigenvalue weighted by atomic mass is 32.1. The van der Waals surface area contributed by atoms with E-state index in [2.05, 4.69) is 11.6 Å². The molecule has 0 fully saturated rings. The quantitative estimate of drug-likeness (QED) is 0.687. The topological polar surface area (TPSA) is 54.7 Å². The molecule has 0 radical (unpaired) electrons. The minimum absolute atomic E-state index is 0.0589. The number of likely N-dealkylation sites (N-methyl/N-ethyl adjacent to an activating group) is 1. The zero-order chi connectivity index (χ0) is 17.3. The summed E-state index contributed by atoms with van der Waals surface area (Å²) in [5, 5.41) is 1.89. The molecule has 3 rings (SSSR count). The van der Waals surface area contributed by atoms with Crippen LogP contribution in [0.15, 0.2) is 53.3 Å². The summed E-state index contributed by atoms with van der Waals surface area (Å²) in [4.78, 5) is 31.6. The molecule has 6 heteroatoms. The van der Waals surface area contributed by atoms with Gasteiger partial charge in [0.2, 0.25) is 0 Å². The number of hydrogen-bond acceptors (Lipinski definition) is 4. The summed E-state index contributed by atoms with van der Waals surface area (Å²) >= 11 is 1.38. The molecule has 0 saturated heterocycles. The molecule has 0 aliphatic heterocycles. The Kier molecular flexibility index (Phi) is 4.31. The van der Waals surface area contributed by atoms with Crippen LogP contribution >= 0.6 is 11.3 Å². The van der Waals surface area contributed by atoms with E-state index in [1.54, 1.807) is 13.1 Å². The zero-order valence-electron chi connectivity index (χ0n) is 13.5. The highest BCUT2D eigenvalue weighted by Crippen LogP contribution is 2.24. The Labute approximate surface area is 143 Å². The molecule has 122 valence electrons. The third-order valence-electron chi connectivity index (χ3n) is 3.77. The molecule has 0 aliphatic carbocycles. The maximum Gasteiger partial charge on any atom is 0.271 e. The fourth-order valence-electron chi connectivity index (χ4n) is 2.45. The molecule has 1 aromatic carbocycles. The predicted molar refractivity (Wildman–Crippen MR) is 96.7 cm³/mol. The number of aromatic nitrogens is 2. The number of nitrogens with zero attached hydrogens (tertiary/aromatic N) is 3. The van der Waals surface area contributed by atoms with Gasteiger partial charge in [-0.15, -0.1) is 17.9 Å². The average molecular weight is 339 g/mol. The third kappa shape index (κ3) is 2.76. The Morgan fingerprint density at radius 3 is 2.75 bits per heavy atom. The molecule has 24 heavy (non-hydrogen) atoms. The largest absolute Gasteiger partial charge is 0.338 e. The maximum atomic E-state index is 12.9. The Morgan fingerprint density at radius 2 is 2.08 bits per heavy atom. The molecular formula is C18H17N3O2S. The van der Waals surface area contributed by atoms with Crippen LogP contribution in [0.3, 0.4) is 0 Å². The number of aryl methyl sites for hydroxylation is 1. The summed E-state index contributed by atoms with van der Waals surface area (Å²) in [7, 11) is 1.63. The lowest BCUT2D eigenvalue weighted by Crippen LogP contribution is -2.33. The van der Waals surface area contributed by atoms with E-state index < -0.39 is 0 Å². The standard InChI is InChI=1S/C18H17N3O2S/c1-4-9-20(3)16(22)14-10-19-18-21(17(14)23)15(11-24-18)13-7-5-12(2)6-8-13/h4-8,10-11H,1,9H2,2-3H3. The molecule has 0 bridgehead atoms. The first-order valence-electron chi connectivity index (χ1n) is 7.45. The van der Waals surface area contributed by atoms with Crippen molar-refractivity contribution in [2.24, 2.45) is 0 Å². The van der Waals surface area contributed by atoms with Crippen LogP contribution in [0, 0.1) is 6.92 Å². The van der Waals surface area contributed by atoms with Crippen molar-refractivity contribution in [3.05, 3.63) is 70.0 Å². The van der Waals surface area contributed by atoms with Crippen LogP contribution < -0.4 is 5.56 Å². The fraction of sp³-hybridized carbons (Fsp3) is 0.167. The molecule has 0 saturated carbocycles. The molecule has 0 aliphatic rings. The second kappa shape index (κ2) is 6.41. The monoisotopic (exact) mass is 339 g/mol. The van der Waals surface area contributed by atoms with Gasteiger partial charge in [-0.2, -0.15) is 0 Å². The number of benzene rings is 1. The Hall–Kier alpha value is -2.73. The van der Waals surface area contributed by atoms with E-state index in [0.29, 0.717) is 11.5 Å². The van der Waals surface area contributed by atoms with Gasteiger partial charge in [0.1, 0.15) is 5.56 Å². The molecule has 0 atom stereocenters. The van der Waals surface area contributed by atoms with E-state index in [1.165, 1.54) is 26.8 Å². The highest BCUT2D eigenvalue weighted by Gasteiger charge is 2.19. The van der Waals surface area contributed by atoms with Crippen molar-refractivity contribution in [2.45, 2.75) is 6.92 Å².